The van der Waals surface area contributed by atoms with Crippen molar-refractivity contribution in [3.8, 4) is 0 Å². The van der Waals surface area contributed by atoms with Crippen molar-refractivity contribution in [2.45, 2.75) is 71.0 Å². The quantitative estimate of drug-likeness (QED) is 0.336. The summed E-state index contributed by atoms with van der Waals surface area (Å²) in [4.78, 5) is 29.1. The minimum Gasteiger partial charge on any atom is -0.352 e. The molecule has 0 aliphatic carbocycles. The lowest BCUT2D eigenvalue weighted by Crippen LogP contribution is -2.53. The Bertz CT molecular complexity index is 1380. The second-order valence-electron chi connectivity index (χ2n) is 9.80. The molecule has 3 aromatic carbocycles. The van der Waals surface area contributed by atoms with Gasteiger partial charge in [-0.05, 0) is 68.5 Å². The molecule has 8 heteroatoms. The van der Waals surface area contributed by atoms with Gasteiger partial charge < -0.3 is 10.2 Å². The molecule has 2 amide bonds. The highest BCUT2D eigenvalue weighted by Crippen LogP contribution is 2.27. The Hall–Kier alpha value is -3.65. The van der Waals surface area contributed by atoms with Crippen molar-refractivity contribution < 1.29 is 18.0 Å². The van der Waals surface area contributed by atoms with Crippen LogP contribution in [0.4, 0.5) is 5.69 Å². The maximum Gasteiger partial charge on any atom is 0.264 e. The van der Waals surface area contributed by atoms with Crippen LogP contribution in [-0.4, -0.2) is 43.8 Å². The molecule has 3 rings (SSSR count). The fourth-order valence-corrected chi connectivity index (χ4v) is 5.91. The van der Waals surface area contributed by atoms with E-state index in [1.54, 1.807) is 30.3 Å². The van der Waals surface area contributed by atoms with Gasteiger partial charge in [0.2, 0.25) is 11.8 Å². The van der Waals surface area contributed by atoms with Crippen LogP contribution in [0.2, 0.25) is 0 Å². The van der Waals surface area contributed by atoms with Crippen molar-refractivity contribution in [3.05, 3.63) is 95.6 Å². The minimum absolute atomic E-state index is 0.0520. The number of rotatable bonds is 12. The van der Waals surface area contributed by atoms with Crippen LogP contribution >= 0.6 is 0 Å². The van der Waals surface area contributed by atoms with Crippen molar-refractivity contribution in [3.63, 3.8) is 0 Å². The van der Waals surface area contributed by atoms with Crippen LogP contribution < -0.4 is 9.62 Å². The molecule has 208 valence electrons. The first-order valence-corrected chi connectivity index (χ1v) is 14.8. The summed E-state index contributed by atoms with van der Waals surface area (Å²) in [7, 11) is -4.08. The molecule has 39 heavy (non-hydrogen) atoms. The number of amides is 2. The van der Waals surface area contributed by atoms with Gasteiger partial charge in [0.15, 0.2) is 0 Å². The van der Waals surface area contributed by atoms with E-state index in [0.717, 1.165) is 27.4 Å². The molecule has 0 spiro atoms. The van der Waals surface area contributed by atoms with E-state index >= 15 is 0 Å². The first kappa shape index (κ1) is 29.9. The molecule has 7 nitrogen and oxygen atoms in total. The van der Waals surface area contributed by atoms with E-state index in [-0.39, 0.29) is 23.4 Å². The van der Waals surface area contributed by atoms with Crippen molar-refractivity contribution in [2.75, 3.05) is 10.8 Å². The zero-order chi connectivity index (χ0) is 28.6. The molecule has 0 saturated carbocycles. The van der Waals surface area contributed by atoms with Crippen molar-refractivity contribution >= 4 is 27.5 Å². The minimum atomic E-state index is -4.08. The topological polar surface area (TPSA) is 86.8 Å². The monoisotopic (exact) mass is 549 g/mol. The number of sulfonamides is 1. The zero-order valence-electron chi connectivity index (χ0n) is 23.4. The molecule has 0 unspecified atom stereocenters. The second kappa shape index (κ2) is 13.4. The van der Waals surface area contributed by atoms with Gasteiger partial charge in [-0.1, -0.05) is 74.5 Å². The third-order valence-corrected chi connectivity index (χ3v) is 8.76. The first-order chi connectivity index (χ1) is 18.6. The summed E-state index contributed by atoms with van der Waals surface area (Å²) < 4.78 is 28.9. The fraction of sp³-hybridized carbons (Fsp3) is 0.355. The summed E-state index contributed by atoms with van der Waals surface area (Å²) in [6, 6.07) is 22.1. The number of nitrogens with zero attached hydrogens (tertiary/aromatic N) is 2. The van der Waals surface area contributed by atoms with Crippen molar-refractivity contribution in [2.24, 2.45) is 0 Å². The maximum absolute atomic E-state index is 14.1. The normalized spacial score (nSPS) is 12.8. The van der Waals surface area contributed by atoms with E-state index < -0.39 is 28.5 Å². The molecule has 0 heterocycles. The lowest BCUT2D eigenvalue weighted by molar-refractivity contribution is -0.140. The molecule has 0 radical (unpaired) electrons. The van der Waals surface area contributed by atoms with Gasteiger partial charge in [0.25, 0.3) is 10.0 Å². The van der Waals surface area contributed by atoms with E-state index in [1.807, 2.05) is 71.0 Å². The number of hydrogen-bond acceptors (Lipinski definition) is 4. The summed E-state index contributed by atoms with van der Waals surface area (Å²) in [5, 5.41) is 3.00. The third kappa shape index (κ3) is 7.26. The van der Waals surface area contributed by atoms with Gasteiger partial charge in [0.1, 0.15) is 12.6 Å². The molecule has 0 aliphatic heterocycles. The van der Waals surface area contributed by atoms with Crippen LogP contribution in [0.25, 0.3) is 0 Å². The van der Waals surface area contributed by atoms with Crippen molar-refractivity contribution in [1.82, 2.24) is 10.2 Å². The van der Waals surface area contributed by atoms with Gasteiger partial charge in [0, 0.05) is 12.6 Å². The van der Waals surface area contributed by atoms with Crippen LogP contribution in [0.1, 0.15) is 50.3 Å². The molecule has 0 saturated heterocycles. The van der Waals surface area contributed by atoms with E-state index in [1.165, 1.54) is 17.0 Å². The predicted molar refractivity (Wildman–Crippen MR) is 156 cm³/mol. The van der Waals surface area contributed by atoms with Crippen LogP contribution in [0.3, 0.4) is 0 Å². The average Bonchev–Trinajstić information content (AvgIpc) is 2.93. The lowest BCUT2D eigenvalue weighted by Gasteiger charge is -2.34. The zero-order valence-corrected chi connectivity index (χ0v) is 24.2. The number of hydrogen-bond donors (Lipinski definition) is 1. The molecule has 1 N–H and O–H groups in total. The Morgan fingerprint density at radius 3 is 2.00 bits per heavy atom. The average molecular weight is 550 g/mol. The highest BCUT2D eigenvalue weighted by molar-refractivity contribution is 7.92. The first-order valence-electron chi connectivity index (χ1n) is 13.4. The standard InChI is InChI=1S/C31H39N3O4S/c1-6-25(5)32-31(36)28(7-2)33(21-26-17-13-11-15-23(26)3)30(35)22-34(29-20-14-12-16-24(29)4)39(37,38)27-18-9-8-10-19-27/h8-20,25,28H,6-7,21-22H2,1-5H3,(H,32,36)/t25-,28-/m1/s1. The van der Waals surface area contributed by atoms with Gasteiger partial charge in [-0.3, -0.25) is 13.9 Å². The van der Waals surface area contributed by atoms with E-state index in [0.29, 0.717) is 12.1 Å². The highest BCUT2D eigenvalue weighted by atomic mass is 32.2. The van der Waals surface area contributed by atoms with Gasteiger partial charge in [0.05, 0.1) is 10.6 Å². The Balaban J connectivity index is 2.07. The van der Waals surface area contributed by atoms with E-state index in [4.69, 9.17) is 0 Å². The lowest BCUT2D eigenvalue weighted by atomic mass is 10.1. The van der Waals surface area contributed by atoms with Gasteiger partial charge in [-0.2, -0.15) is 0 Å². The smallest absolute Gasteiger partial charge is 0.264 e. The number of benzene rings is 3. The number of aryl methyl sites for hydroxylation is 2. The summed E-state index contributed by atoms with van der Waals surface area (Å²) >= 11 is 0. The summed E-state index contributed by atoms with van der Waals surface area (Å²) in [5.41, 5.74) is 3.02. The molecule has 0 aromatic heterocycles. The van der Waals surface area contributed by atoms with Crippen LogP contribution in [-0.2, 0) is 26.2 Å². The number of carbonyl (C=O) groups is 2. The molecule has 0 fully saturated rings. The molecular weight excluding hydrogens is 510 g/mol. The largest absolute Gasteiger partial charge is 0.352 e. The Morgan fingerprint density at radius 1 is 0.821 bits per heavy atom. The Kier molecular flexibility index (Phi) is 10.3. The summed E-state index contributed by atoms with van der Waals surface area (Å²) in [5.74, 6) is -0.700. The molecular formula is C31H39N3O4S. The Morgan fingerprint density at radius 2 is 1.41 bits per heavy atom. The maximum atomic E-state index is 14.1. The summed E-state index contributed by atoms with van der Waals surface area (Å²) in [6.07, 6.45) is 1.14. The van der Waals surface area contributed by atoms with Gasteiger partial charge in [-0.25, -0.2) is 8.42 Å². The van der Waals surface area contributed by atoms with Crippen LogP contribution in [0, 0.1) is 13.8 Å². The van der Waals surface area contributed by atoms with Crippen molar-refractivity contribution in [1.29, 1.82) is 0 Å². The number of anilines is 1. The second-order valence-corrected chi connectivity index (χ2v) is 11.7. The molecule has 3 aromatic rings. The number of para-hydroxylation sites is 1. The predicted octanol–water partition coefficient (Wildman–Crippen LogP) is 5.22. The third-order valence-electron chi connectivity index (χ3n) is 6.98. The molecule has 0 aliphatic rings. The number of nitrogens with one attached hydrogen (secondary N) is 1. The van der Waals surface area contributed by atoms with Crippen LogP contribution in [0.5, 0.6) is 0 Å². The molecule has 0 bridgehead atoms. The van der Waals surface area contributed by atoms with Gasteiger partial charge >= 0.3 is 0 Å². The summed E-state index contributed by atoms with van der Waals surface area (Å²) in [6.45, 7) is 9.27. The van der Waals surface area contributed by atoms with Crippen LogP contribution in [0.15, 0.2) is 83.8 Å². The SMILES string of the molecule is CC[C@@H](C)NC(=O)[C@@H](CC)N(Cc1ccccc1C)C(=O)CN(c1ccccc1C)S(=O)(=O)c1ccccc1. The highest BCUT2D eigenvalue weighted by Gasteiger charge is 2.34. The number of carbonyl (C=O) groups excluding carboxylic acids is 2. The van der Waals surface area contributed by atoms with Gasteiger partial charge in [-0.15, -0.1) is 0 Å². The van der Waals surface area contributed by atoms with E-state index in [9.17, 15) is 18.0 Å². The Labute approximate surface area is 232 Å². The molecule has 2 atom stereocenters. The van der Waals surface area contributed by atoms with E-state index in [2.05, 4.69) is 5.32 Å². The fourth-order valence-electron chi connectivity index (χ4n) is 4.41.